The van der Waals surface area contributed by atoms with E-state index in [1.54, 1.807) is 12.4 Å². The molecule has 2 rings (SSSR count). The summed E-state index contributed by atoms with van der Waals surface area (Å²) < 4.78 is 5.20. The van der Waals surface area contributed by atoms with E-state index < -0.39 is 0 Å². The Balaban J connectivity index is 2.53. The number of hydrogen-bond acceptors (Lipinski definition) is 3. The minimum Gasteiger partial charge on any atom is -0.356 e. The molecule has 2 heterocycles. The van der Waals surface area contributed by atoms with Gasteiger partial charge in [0.05, 0.1) is 5.69 Å². The van der Waals surface area contributed by atoms with E-state index in [1.807, 2.05) is 26.0 Å². The molecule has 2 aromatic rings. The molecular weight excluding hydrogens is 164 g/mol. The Bertz CT molecular complexity index is 406. The topological polar surface area (TPSA) is 38.9 Å². The minimum absolute atomic E-state index is 0.833. The number of aromatic nitrogens is 2. The predicted octanol–water partition coefficient (Wildman–Crippen LogP) is 2.35. The van der Waals surface area contributed by atoms with Crippen LogP contribution in [0.15, 0.2) is 29.0 Å². The summed E-state index contributed by atoms with van der Waals surface area (Å²) in [5.41, 5.74) is 3.05. The average Bonchev–Trinajstić information content (AvgIpc) is 2.49. The molecule has 0 spiro atoms. The molecule has 0 saturated heterocycles. The van der Waals surface area contributed by atoms with Crippen LogP contribution >= 0.6 is 0 Å². The van der Waals surface area contributed by atoms with E-state index in [0.29, 0.717) is 0 Å². The molecule has 66 valence electrons. The molecule has 0 aromatic carbocycles. The summed E-state index contributed by atoms with van der Waals surface area (Å²) in [6, 6.07) is 3.82. The SMILES string of the molecule is Cc1noc(-c2ccncc2)c1C. The van der Waals surface area contributed by atoms with Crippen molar-refractivity contribution in [2.24, 2.45) is 0 Å². The van der Waals surface area contributed by atoms with Crippen LogP contribution in [0, 0.1) is 13.8 Å². The van der Waals surface area contributed by atoms with E-state index in [-0.39, 0.29) is 0 Å². The van der Waals surface area contributed by atoms with Gasteiger partial charge in [0.2, 0.25) is 0 Å². The van der Waals surface area contributed by atoms with Crippen LogP contribution in [0.25, 0.3) is 11.3 Å². The lowest BCUT2D eigenvalue weighted by Gasteiger charge is -1.94. The van der Waals surface area contributed by atoms with E-state index in [0.717, 1.165) is 22.6 Å². The third-order valence-electron chi connectivity index (χ3n) is 2.10. The molecule has 0 aliphatic heterocycles. The normalized spacial score (nSPS) is 10.3. The summed E-state index contributed by atoms with van der Waals surface area (Å²) >= 11 is 0. The van der Waals surface area contributed by atoms with Gasteiger partial charge in [-0.1, -0.05) is 5.16 Å². The van der Waals surface area contributed by atoms with Crippen LogP contribution < -0.4 is 0 Å². The maximum atomic E-state index is 5.20. The lowest BCUT2D eigenvalue weighted by atomic mass is 10.1. The number of nitrogens with zero attached hydrogens (tertiary/aromatic N) is 2. The molecule has 3 heteroatoms. The number of rotatable bonds is 1. The fourth-order valence-electron chi connectivity index (χ4n) is 1.19. The highest BCUT2D eigenvalue weighted by atomic mass is 16.5. The van der Waals surface area contributed by atoms with Crippen molar-refractivity contribution in [1.82, 2.24) is 10.1 Å². The van der Waals surface area contributed by atoms with Crippen molar-refractivity contribution in [3.05, 3.63) is 35.8 Å². The lowest BCUT2D eigenvalue weighted by molar-refractivity contribution is 0.427. The standard InChI is InChI=1S/C10H10N2O/c1-7-8(2)12-13-10(7)9-3-5-11-6-4-9/h3-6H,1-2H3. The number of pyridine rings is 1. The minimum atomic E-state index is 0.833. The Morgan fingerprint density at radius 3 is 2.38 bits per heavy atom. The van der Waals surface area contributed by atoms with Gasteiger partial charge in [0.15, 0.2) is 5.76 Å². The summed E-state index contributed by atoms with van der Waals surface area (Å²) in [7, 11) is 0. The largest absolute Gasteiger partial charge is 0.356 e. The summed E-state index contributed by atoms with van der Waals surface area (Å²) in [5, 5.41) is 3.90. The predicted molar refractivity (Wildman–Crippen MR) is 49.2 cm³/mol. The zero-order valence-electron chi connectivity index (χ0n) is 7.61. The highest BCUT2D eigenvalue weighted by Gasteiger charge is 2.09. The van der Waals surface area contributed by atoms with Crippen LogP contribution in [0.3, 0.4) is 0 Å². The van der Waals surface area contributed by atoms with E-state index in [4.69, 9.17) is 4.52 Å². The maximum absolute atomic E-state index is 5.20. The van der Waals surface area contributed by atoms with Gasteiger partial charge in [-0.25, -0.2) is 0 Å². The van der Waals surface area contributed by atoms with E-state index in [1.165, 1.54) is 0 Å². The first-order chi connectivity index (χ1) is 6.29. The number of hydrogen-bond donors (Lipinski definition) is 0. The van der Waals surface area contributed by atoms with Crippen LogP contribution in [0.5, 0.6) is 0 Å². The first-order valence-corrected chi connectivity index (χ1v) is 4.12. The third kappa shape index (κ3) is 1.33. The van der Waals surface area contributed by atoms with Gasteiger partial charge >= 0.3 is 0 Å². The quantitative estimate of drug-likeness (QED) is 0.666. The van der Waals surface area contributed by atoms with Gasteiger partial charge in [0.25, 0.3) is 0 Å². The van der Waals surface area contributed by atoms with Crippen molar-refractivity contribution in [2.45, 2.75) is 13.8 Å². The Morgan fingerprint density at radius 2 is 1.85 bits per heavy atom. The molecule has 0 aliphatic rings. The highest BCUT2D eigenvalue weighted by molar-refractivity contribution is 5.60. The van der Waals surface area contributed by atoms with Gasteiger partial charge in [-0.2, -0.15) is 0 Å². The van der Waals surface area contributed by atoms with Crippen molar-refractivity contribution in [1.29, 1.82) is 0 Å². The Morgan fingerprint density at radius 1 is 1.15 bits per heavy atom. The molecule has 0 N–H and O–H groups in total. The lowest BCUT2D eigenvalue weighted by Crippen LogP contribution is -1.79. The zero-order valence-corrected chi connectivity index (χ0v) is 7.61. The molecule has 0 fully saturated rings. The zero-order chi connectivity index (χ0) is 9.26. The summed E-state index contributed by atoms with van der Waals surface area (Å²) in [6.45, 7) is 3.94. The van der Waals surface area contributed by atoms with E-state index >= 15 is 0 Å². The number of aryl methyl sites for hydroxylation is 1. The van der Waals surface area contributed by atoms with Crippen molar-refractivity contribution in [2.75, 3.05) is 0 Å². The van der Waals surface area contributed by atoms with E-state index in [9.17, 15) is 0 Å². The van der Waals surface area contributed by atoms with Crippen molar-refractivity contribution < 1.29 is 4.52 Å². The van der Waals surface area contributed by atoms with Crippen LogP contribution in [0.4, 0.5) is 0 Å². The van der Waals surface area contributed by atoms with Crippen LogP contribution in [-0.2, 0) is 0 Å². The van der Waals surface area contributed by atoms with Crippen molar-refractivity contribution in [3.8, 4) is 11.3 Å². The monoisotopic (exact) mass is 174 g/mol. The Kier molecular flexibility index (Phi) is 1.85. The molecule has 0 aliphatic carbocycles. The van der Waals surface area contributed by atoms with Gasteiger partial charge in [-0.3, -0.25) is 4.98 Å². The van der Waals surface area contributed by atoms with Crippen LogP contribution in [0.2, 0.25) is 0 Å². The van der Waals surface area contributed by atoms with Gasteiger partial charge in [0.1, 0.15) is 0 Å². The molecule has 3 nitrogen and oxygen atoms in total. The second-order valence-electron chi connectivity index (χ2n) is 2.96. The first kappa shape index (κ1) is 7.98. The van der Waals surface area contributed by atoms with Gasteiger partial charge < -0.3 is 4.52 Å². The van der Waals surface area contributed by atoms with Crippen LogP contribution in [-0.4, -0.2) is 10.1 Å². The Hall–Kier alpha value is -1.64. The molecule has 13 heavy (non-hydrogen) atoms. The highest BCUT2D eigenvalue weighted by Crippen LogP contribution is 2.23. The maximum Gasteiger partial charge on any atom is 0.170 e. The van der Waals surface area contributed by atoms with E-state index in [2.05, 4.69) is 10.1 Å². The molecule has 0 amide bonds. The first-order valence-electron chi connectivity index (χ1n) is 4.12. The smallest absolute Gasteiger partial charge is 0.170 e. The van der Waals surface area contributed by atoms with Gasteiger partial charge in [-0.05, 0) is 26.0 Å². The van der Waals surface area contributed by atoms with Gasteiger partial charge in [0, 0.05) is 23.5 Å². The molecule has 0 radical (unpaired) electrons. The fraction of sp³-hybridized carbons (Fsp3) is 0.200. The van der Waals surface area contributed by atoms with Crippen molar-refractivity contribution >= 4 is 0 Å². The fourth-order valence-corrected chi connectivity index (χ4v) is 1.19. The molecule has 0 bridgehead atoms. The van der Waals surface area contributed by atoms with Crippen molar-refractivity contribution in [3.63, 3.8) is 0 Å². The summed E-state index contributed by atoms with van der Waals surface area (Å²) in [5.74, 6) is 0.833. The Labute approximate surface area is 76.4 Å². The molecular formula is C10H10N2O. The average molecular weight is 174 g/mol. The molecule has 0 saturated carbocycles. The van der Waals surface area contributed by atoms with Crippen LogP contribution in [0.1, 0.15) is 11.3 Å². The third-order valence-corrected chi connectivity index (χ3v) is 2.10. The molecule has 0 unspecified atom stereocenters. The summed E-state index contributed by atoms with van der Waals surface area (Å²) in [6.07, 6.45) is 3.49. The summed E-state index contributed by atoms with van der Waals surface area (Å²) in [4.78, 5) is 3.95. The van der Waals surface area contributed by atoms with Gasteiger partial charge in [-0.15, -0.1) is 0 Å². The molecule has 2 aromatic heterocycles. The second-order valence-corrected chi connectivity index (χ2v) is 2.96. The second kappa shape index (κ2) is 3.01. The molecule has 0 atom stereocenters.